The van der Waals surface area contributed by atoms with Crippen molar-refractivity contribution in [3.05, 3.63) is 65.6 Å². The van der Waals surface area contributed by atoms with Crippen LogP contribution in [0.5, 0.6) is 0 Å². The van der Waals surface area contributed by atoms with Gasteiger partial charge in [-0.3, -0.25) is 4.79 Å². The molecule has 6 nitrogen and oxygen atoms in total. The predicted octanol–water partition coefficient (Wildman–Crippen LogP) is 2.51. The quantitative estimate of drug-likeness (QED) is 0.649. The van der Waals surface area contributed by atoms with Gasteiger partial charge in [0.2, 0.25) is 5.91 Å². The van der Waals surface area contributed by atoms with Crippen molar-refractivity contribution in [1.82, 2.24) is 15.3 Å². The molecule has 0 radical (unpaired) electrons. The summed E-state index contributed by atoms with van der Waals surface area (Å²) in [4.78, 5) is 29.7. The lowest BCUT2D eigenvalue weighted by atomic mass is 10.1. The molecule has 0 unspecified atom stereocenters. The predicted molar refractivity (Wildman–Crippen MR) is 89.7 cm³/mol. The lowest BCUT2D eigenvalue weighted by Gasteiger charge is -2.06. The number of aromatic amines is 1. The number of fused-ring (bicyclic) bond motifs is 1. The molecule has 0 saturated heterocycles. The number of hydrogen-bond acceptors (Lipinski definition) is 3. The summed E-state index contributed by atoms with van der Waals surface area (Å²) >= 11 is 0. The number of H-pyrrole nitrogens is 1. The Morgan fingerprint density at radius 1 is 1.12 bits per heavy atom. The Labute approximate surface area is 138 Å². The van der Waals surface area contributed by atoms with Crippen molar-refractivity contribution in [3.8, 4) is 0 Å². The molecule has 0 aliphatic carbocycles. The minimum Gasteiger partial charge on any atom is -0.477 e. The fourth-order valence-electron chi connectivity index (χ4n) is 2.51. The van der Waals surface area contributed by atoms with Crippen molar-refractivity contribution in [1.29, 1.82) is 0 Å². The second-order valence-corrected chi connectivity index (χ2v) is 5.53. The van der Waals surface area contributed by atoms with Gasteiger partial charge in [-0.25, -0.2) is 9.78 Å². The molecule has 0 saturated carbocycles. The highest BCUT2D eigenvalue weighted by molar-refractivity contribution is 5.85. The van der Waals surface area contributed by atoms with Gasteiger partial charge in [-0.2, -0.15) is 0 Å². The Bertz CT molecular complexity index is 886. The molecule has 1 amide bonds. The number of nitrogens with zero attached hydrogens (tertiary/aromatic N) is 1. The molecule has 6 heteroatoms. The molecule has 3 N–H and O–H groups in total. The van der Waals surface area contributed by atoms with E-state index >= 15 is 0 Å². The summed E-state index contributed by atoms with van der Waals surface area (Å²) < 4.78 is 0. The molecule has 2 heterocycles. The van der Waals surface area contributed by atoms with Crippen LogP contribution in [-0.4, -0.2) is 27.0 Å². The summed E-state index contributed by atoms with van der Waals surface area (Å²) in [6.07, 6.45) is 4.36. The van der Waals surface area contributed by atoms with Crippen LogP contribution in [0.2, 0.25) is 0 Å². The highest BCUT2D eigenvalue weighted by atomic mass is 16.4. The van der Waals surface area contributed by atoms with Crippen LogP contribution in [0.25, 0.3) is 10.9 Å². The highest BCUT2D eigenvalue weighted by Crippen LogP contribution is 2.15. The minimum atomic E-state index is -1.08. The second kappa shape index (κ2) is 6.95. The maximum Gasteiger partial charge on any atom is 0.354 e. The third-order valence-electron chi connectivity index (χ3n) is 3.79. The van der Waals surface area contributed by atoms with E-state index in [2.05, 4.69) is 21.4 Å². The maximum atomic E-state index is 12.0. The molecule has 0 spiro atoms. The Hall–Kier alpha value is -3.15. The van der Waals surface area contributed by atoms with Gasteiger partial charge >= 0.3 is 5.97 Å². The van der Waals surface area contributed by atoms with Crippen molar-refractivity contribution in [2.75, 3.05) is 0 Å². The number of amides is 1. The number of pyridine rings is 1. The van der Waals surface area contributed by atoms with Crippen LogP contribution in [0.1, 0.15) is 28.0 Å². The van der Waals surface area contributed by atoms with Gasteiger partial charge in [-0.15, -0.1) is 0 Å². The molecule has 24 heavy (non-hydrogen) atoms. The van der Waals surface area contributed by atoms with E-state index in [1.54, 1.807) is 6.07 Å². The molecular weight excluding hydrogens is 306 g/mol. The summed E-state index contributed by atoms with van der Waals surface area (Å²) in [5.41, 5.74) is 2.87. The van der Waals surface area contributed by atoms with Gasteiger partial charge in [0.25, 0.3) is 0 Å². The van der Waals surface area contributed by atoms with Crippen molar-refractivity contribution in [3.63, 3.8) is 0 Å². The number of carbonyl (C=O) groups excluding carboxylic acids is 1. The van der Waals surface area contributed by atoms with Crippen LogP contribution >= 0.6 is 0 Å². The van der Waals surface area contributed by atoms with Gasteiger partial charge in [-0.1, -0.05) is 6.07 Å². The molecule has 1 aromatic carbocycles. The Kier molecular flexibility index (Phi) is 4.56. The molecule has 0 aliphatic rings. The fourth-order valence-corrected chi connectivity index (χ4v) is 2.51. The molecule has 0 bridgehead atoms. The third kappa shape index (κ3) is 3.78. The lowest BCUT2D eigenvalue weighted by molar-refractivity contribution is -0.121. The number of aromatic carboxylic acids is 1. The van der Waals surface area contributed by atoms with Gasteiger partial charge in [0, 0.05) is 30.9 Å². The summed E-state index contributed by atoms with van der Waals surface area (Å²) in [7, 11) is 0. The average Bonchev–Trinajstić information content (AvgIpc) is 3.06. The van der Waals surface area contributed by atoms with Crippen molar-refractivity contribution >= 4 is 22.8 Å². The number of rotatable bonds is 6. The first kappa shape index (κ1) is 15.7. The molecular formula is C18H17N3O3. The maximum absolute atomic E-state index is 12.0. The number of aromatic nitrogens is 2. The number of carboxylic acids is 1. The SMILES string of the molecule is O=C(CCc1ccc2[nH]ccc2c1)NCc1ccnc(C(=O)O)c1. The van der Waals surface area contributed by atoms with Gasteiger partial charge in [0.05, 0.1) is 0 Å². The molecule has 3 rings (SSSR count). The molecule has 0 aliphatic heterocycles. The van der Waals surface area contributed by atoms with E-state index in [4.69, 9.17) is 5.11 Å². The fraction of sp³-hybridized carbons (Fsp3) is 0.167. The van der Waals surface area contributed by atoms with E-state index in [-0.39, 0.29) is 11.6 Å². The first-order valence-corrected chi connectivity index (χ1v) is 7.63. The Morgan fingerprint density at radius 2 is 2.00 bits per heavy atom. The Balaban J connectivity index is 1.52. The summed E-state index contributed by atoms with van der Waals surface area (Å²) in [5, 5.41) is 12.8. The van der Waals surface area contributed by atoms with Crippen molar-refractivity contribution in [2.24, 2.45) is 0 Å². The number of nitrogens with one attached hydrogen (secondary N) is 2. The van der Waals surface area contributed by atoms with Crippen LogP contribution < -0.4 is 5.32 Å². The molecule has 3 aromatic rings. The number of hydrogen-bond donors (Lipinski definition) is 3. The summed E-state index contributed by atoms with van der Waals surface area (Å²) in [6, 6.07) is 11.2. The number of benzene rings is 1. The van der Waals surface area contributed by atoms with Crippen LogP contribution in [0.15, 0.2) is 48.8 Å². The van der Waals surface area contributed by atoms with E-state index in [0.29, 0.717) is 24.9 Å². The van der Waals surface area contributed by atoms with Crippen LogP contribution in [0, 0.1) is 0 Å². The van der Waals surface area contributed by atoms with Crippen LogP contribution in [-0.2, 0) is 17.8 Å². The topological polar surface area (TPSA) is 95.1 Å². The number of carbonyl (C=O) groups is 2. The highest BCUT2D eigenvalue weighted by Gasteiger charge is 2.07. The zero-order valence-corrected chi connectivity index (χ0v) is 13.0. The van der Waals surface area contributed by atoms with E-state index in [0.717, 1.165) is 16.5 Å². The third-order valence-corrected chi connectivity index (χ3v) is 3.79. The molecule has 2 aromatic heterocycles. The monoisotopic (exact) mass is 323 g/mol. The second-order valence-electron chi connectivity index (χ2n) is 5.53. The van der Waals surface area contributed by atoms with Gasteiger partial charge < -0.3 is 15.4 Å². The van der Waals surface area contributed by atoms with Gasteiger partial charge in [-0.05, 0) is 53.3 Å². The van der Waals surface area contributed by atoms with Crippen LogP contribution in [0.3, 0.4) is 0 Å². The first-order valence-electron chi connectivity index (χ1n) is 7.63. The number of carboxylic acid groups (broad SMARTS) is 1. The van der Waals surface area contributed by atoms with Crippen LogP contribution in [0.4, 0.5) is 0 Å². The van der Waals surface area contributed by atoms with E-state index < -0.39 is 5.97 Å². The van der Waals surface area contributed by atoms with E-state index in [1.165, 1.54) is 12.3 Å². The zero-order valence-electron chi connectivity index (χ0n) is 13.0. The Morgan fingerprint density at radius 3 is 2.83 bits per heavy atom. The largest absolute Gasteiger partial charge is 0.477 e. The standard InChI is InChI=1S/C18H17N3O3/c22-17(21-11-13-5-7-20-16(10-13)18(23)24)4-2-12-1-3-15-14(9-12)6-8-19-15/h1,3,5-10,19H,2,4,11H2,(H,21,22)(H,23,24). The first-order chi connectivity index (χ1) is 11.6. The molecule has 0 fully saturated rings. The van der Waals surface area contributed by atoms with Gasteiger partial charge in [0.1, 0.15) is 5.69 Å². The minimum absolute atomic E-state index is 0.0263. The smallest absolute Gasteiger partial charge is 0.354 e. The van der Waals surface area contributed by atoms with E-state index in [1.807, 2.05) is 24.4 Å². The molecule has 122 valence electrons. The lowest BCUT2D eigenvalue weighted by Crippen LogP contribution is -2.23. The van der Waals surface area contributed by atoms with Crippen molar-refractivity contribution in [2.45, 2.75) is 19.4 Å². The average molecular weight is 323 g/mol. The van der Waals surface area contributed by atoms with E-state index in [9.17, 15) is 9.59 Å². The summed E-state index contributed by atoms with van der Waals surface area (Å²) in [5.74, 6) is -1.15. The zero-order chi connectivity index (χ0) is 16.9. The molecule has 0 atom stereocenters. The summed E-state index contributed by atoms with van der Waals surface area (Å²) in [6.45, 7) is 0.290. The van der Waals surface area contributed by atoms with Gasteiger partial charge in [0.15, 0.2) is 0 Å². The normalized spacial score (nSPS) is 10.7. The number of aryl methyl sites for hydroxylation is 1. The van der Waals surface area contributed by atoms with Crippen molar-refractivity contribution < 1.29 is 14.7 Å².